The number of hydrogen-bond acceptors (Lipinski definition) is 5. The minimum absolute atomic E-state index is 0.347. The Morgan fingerprint density at radius 2 is 1.96 bits per heavy atom. The molecule has 1 aliphatic carbocycles. The predicted octanol–water partition coefficient (Wildman–Crippen LogP) is 2.92. The molecule has 0 saturated heterocycles. The Morgan fingerprint density at radius 1 is 1.13 bits per heavy atom. The number of nitrogens with zero attached hydrogens (tertiary/aromatic N) is 1. The molecule has 2 aliphatic rings. The van der Waals surface area contributed by atoms with Gasteiger partial charge < -0.3 is 4.74 Å². The lowest BCUT2D eigenvalue weighted by atomic mass is 9.94. The first-order valence-electron chi connectivity index (χ1n) is 7.36. The summed E-state index contributed by atoms with van der Waals surface area (Å²) in [7, 11) is 0. The van der Waals surface area contributed by atoms with Gasteiger partial charge in [0.05, 0.1) is 5.56 Å². The minimum atomic E-state index is -0.347. The van der Waals surface area contributed by atoms with Crippen molar-refractivity contribution in [3.05, 3.63) is 70.1 Å². The number of rotatable bonds is 2. The molecule has 1 aliphatic heterocycles. The van der Waals surface area contributed by atoms with Crippen molar-refractivity contribution in [1.29, 1.82) is 0 Å². The number of aliphatic imine (C=N–C) groups is 1. The van der Waals surface area contributed by atoms with Crippen molar-refractivity contribution in [1.82, 2.24) is 4.99 Å². The number of thioether (sulfide) groups is 1. The lowest BCUT2D eigenvalue weighted by Gasteiger charge is -2.15. The van der Waals surface area contributed by atoms with Gasteiger partial charge in [-0.15, -0.1) is 0 Å². The van der Waals surface area contributed by atoms with Crippen LogP contribution in [-0.2, 0) is 6.42 Å². The molecular formula is C18H14N2O2S+. The van der Waals surface area contributed by atoms with E-state index < -0.39 is 0 Å². The Balaban J connectivity index is 1.60. The van der Waals surface area contributed by atoms with Crippen molar-refractivity contribution in [2.24, 2.45) is 5.73 Å². The van der Waals surface area contributed by atoms with Crippen LogP contribution in [0.4, 0.5) is 0 Å². The number of carbonyl (C=O) groups is 1. The van der Waals surface area contributed by atoms with Crippen molar-refractivity contribution in [3.63, 3.8) is 0 Å². The first-order valence-corrected chi connectivity index (χ1v) is 8.18. The molecule has 0 spiro atoms. The molecule has 0 atom stereocenters. The molecule has 4 rings (SSSR count). The van der Waals surface area contributed by atoms with Crippen LogP contribution >= 0.6 is 11.8 Å². The van der Waals surface area contributed by atoms with Gasteiger partial charge in [-0.1, -0.05) is 18.2 Å². The molecule has 0 saturated carbocycles. The van der Waals surface area contributed by atoms with Crippen LogP contribution in [0.1, 0.15) is 27.9 Å². The van der Waals surface area contributed by atoms with E-state index in [4.69, 9.17) is 10.5 Å². The van der Waals surface area contributed by atoms with Crippen LogP contribution in [0, 0.1) is 0 Å². The van der Waals surface area contributed by atoms with Crippen molar-refractivity contribution in [3.8, 4) is 5.75 Å². The summed E-state index contributed by atoms with van der Waals surface area (Å²) in [5.41, 5.74) is 9.54. The molecule has 0 unspecified atom stereocenters. The predicted molar refractivity (Wildman–Crippen MR) is 92.0 cm³/mol. The number of amidine groups is 1. The lowest BCUT2D eigenvalue weighted by molar-refractivity contribution is 0.0734. The zero-order chi connectivity index (χ0) is 15.8. The number of carbonyl (C=O) groups excluding carboxylic acids is 1. The van der Waals surface area contributed by atoms with Crippen molar-refractivity contribution >= 4 is 28.6 Å². The molecule has 23 heavy (non-hydrogen) atoms. The van der Waals surface area contributed by atoms with E-state index in [1.165, 1.54) is 4.91 Å². The van der Waals surface area contributed by atoms with Gasteiger partial charge in [-0.2, -0.15) is 0 Å². The van der Waals surface area contributed by atoms with Gasteiger partial charge in [0.1, 0.15) is 5.75 Å². The van der Waals surface area contributed by atoms with Gasteiger partial charge in [-0.3, -0.25) is 5.73 Å². The monoisotopic (exact) mass is 322 g/mol. The van der Waals surface area contributed by atoms with E-state index in [9.17, 15) is 4.79 Å². The van der Waals surface area contributed by atoms with Gasteiger partial charge in [-0.05, 0) is 53.7 Å². The molecule has 5 heteroatoms. The van der Waals surface area contributed by atoms with Crippen LogP contribution in [0.15, 0.2) is 53.4 Å². The minimum Gasteiger partial charge on any atom is -0.423 e. The van der Waals surface area contributed by atoms with Crippen LogP contribution in [0.5, 0.6) is 5.75 Å². The largest absolute Gasteiger partial charge is 0.423 e. The molecule has 113 valence electrons. The summed E-state index contributed by atoms with van der Waals surface area (Å²) in [6, 6.07) is 14.7. The van der Waals surface area contributed by atoms with Crippen LogP contribution in [0.25, 0.3) is 5.70 Å². The van der Waals surface area contributed by atoms with E-state index in [2.05, 4.69) is 4.99 Å². The fourth-order valence-electron chi connectivity index (χ4n) is 2.81. The van der Waals surface area contributed by atoms with E-state index in [1.807, 2.05) is 36.4 Å². The fourth-order valence-corrected chi connectivity index (χ4v) is 3.66. The normalized spacial score (nSPS) is 15.7. The standard InChI is InChI=1S/C18H14N2O2S/c19-18-20-16-14-8-7-13(10-12(14)6-9-15(16)23-18)22-17(21)11-4-2-1-3-5-11/h1-5,7-8,10H,6,9,19H2/q+1. The van der Waals surface area contributed by atoms with E-state index >= 15 is 0 Å². The number of hydrogen-bond donors (Lipinski definition) is 1. The second-order valence-corrected chi connectivity index (χ2v) is 6.51. The van der Waals surface area contributed by atoms with Gasteiger partial charge in [0.2, 0.25) is 0 Å². The number of ether oxygens (including phenoxy) is 1. The number of aryl methyl sites for hydroxylation is 1. The van der Waals surface area contributed by atoms with Crippen LogP contribution in [0.2, 0.25) is 0 Å². The summed E-state index contributed by atoms with van der Waals surface area (Å²) >= 11 is 1.55. The molecule has 4 nitrogen and oxygen atoms in total. The highest BCUT2D eigenvalue weighted by Crippen LogP contribution is 2.39. The van der Waals surface area contributed by atoms with E-state index in [0.29, 0.717) is 16.5 Å². The summed E-state index contributed by atoms with van der Waals surface area (Å²) in [6.45, 7) is 0. The zero-order valence-electron chi connectivity index (χ0n) is 12.3. The highest BCUT2D eigenvalue weighted by atomic mass is 32.2. The van der Waals surface area contributed by atoms with Gasteiger partial charge in [-0.25, -0.2) is 4.79 Å². The molecule has 1 radical (unpaired) electrons. The number of esters is 1. The Kier molecular flexibility index (Phi) is 3.42. The maximum absolute atomic E-state index is 12.1. The summed E-state index contributed by atoms with van der Waals surface area (Å²) in [5.74, 6) is 0.212. The first-order chi connectivity index (χ1) is 11.2. The Labute approximate surface area is 138 Å². The zero-order valence-corrected chi connectivity index (χ0v) is 13.1. The SMILES string of the molecule is NC1=[N+]C2=C(CCc3cc(OC(=O)c4ccccc4)ccc32)S1. The maximum Gasteiger partial charge on any atom is 0.355 e. The van der Waals surface area contributed by atoms with E-state index in [0.717, 1.165) is 29.7 Å². The number of nitrogens with two attached hydrogens (primary N) is 1. The maximum atomic E-state index is 12.1. The smallest absolute Gasteiger partial charge is 0.355 e. The average molecular weight is 322 g/mol. The third-order valence-electron chi connectivity index (χ3n) is 3.89. The van der Waals surface area contributed by atoms with Crippen LogP contribution in [0.3, 0.4) is 0 Å². The lowest BCUT2D eigenvalue weighted by Crippen LogP contribution is -2.10. The molecule has 0 bridgehead atoms. The third kappa shape index (κ3) is 2.64. The van der Waals surface area contributed by atoms with E-state index in [-0.39, 0.29) is 5.97 Å². The second kappa shape index (κ2) is 5.59. The highest BCUT2D eigenvalue weighted by molar-refractivity contribution is 8.17. The topological polar surface area (TPSA) is 66.4 Å². The van der Waals surface area contributed by atoms with Crippen molar-refractivity contribution in [2.75, 3.05) is 0 Å². The first kappa shape index (κ1) is 14.1. The Hall–Kier alpha value is -2.53. The molecule has 0 fully saturated rings. The molecule has 2 N–H and O–H groups in total. The van der Waals surface area contributed by atoms with Crippen LogP contribution < -0.4 is 15.5 Å². The van der Waals surface area contributed by atoms with E-state index in [1.54, 1.807) is 23.9 Å². The van der Waals surface area contributed by atoms with Crippen LogP contribution in [-0.4, -0.2) is 11.1 Å². The average Bonchev–Trinajstić information content (AvgIpc) is 2.96. The van der Waals surface area contributed by atoms with Gasteiger partial charge in [0.25, 0.3) is 0 Å². The molecule has 0 aromatic heterocycles. The number of benzene rings is 2. The fraction of sp³-hybridized carbons (Fsp3) is 0.111. The van der Waals surface area contributed by atoms with Gasteiger partial charge in [0, 0.05) is 22.2 Å². The Morgan fingerprint density at radius 3 is 2.78 bits per heavy atom. The molecule has 0 amide bonds. The third-order valence-corrected chi connectivity index (χ3v) is 4.83. The van der Waals surface area contributed by atoms with Gasteiger partial charge in [0.15, 0.2) is 5.70 Å². The summed E-state index contributed by atoms with van der Waals surface area (Å²) < 4.78 is 5.48. The summed E-state index contributed by atoms with van der Waals surface area (Å²) in [6.07, 6.45) is 1.83. The second-order valence-electron chi connectivity index (χ2n) is 5.40. The van der Waals surface area contributed by atoms with Gasteiger partial charge >= 0.3 is 11.1 Å². The summed E-state index contributed by atoms with van der Waals surface area (Å²) in [4.78, 5) is 17.8. The molecule has 2 aromatic rings. The Bertz CT molecular complexity index is 857. The number of fused-ring (bicyclic) bond motifs is 2. The van der Waals surface area contributed by atoms with Crippen molar-refractivity contribution in [2.45, 2.75) is 12.8 Å². The molecular weight excluding hydrogens is 308 g/mol. The molecule has 1 heterocycles. The molecule has 2 aromatic carbocycles. The quantitative estimate of drug-likeness (QED) is 0.682. The number of allylic oxidation sites excluding steroid dienone is 1. The highest BCUT2D eigenvalue weighted by Gasteiger charge is 2.31. The summed E-state index contributed by atoms with van der Waals surface area (Å²) in [5, 5.41) is 0.599. The van der Waals surface area contributed by atoms with Crippen molar-refractivity contribution < 1.29 is 9.53 Å².